The standard InChI is InChI=1S/C26H24BrP/c1-21-17-18-22(26(27)19-21)20-28(23-11-5-2-6-12-23,24-13-7-3-8-14-24)25-15-9-4-10-16-25/h2-19,28H,20H2,1H3. The number of rotatable bonds is 5. The van der Waals surface area contributed by atoms with Gasteiger partial charge in [0.2, 0.25) is 0 Å². The fourth-order valence-electron chi connectivity index (χ4n) is 4.06. The summed E-state index contributed by atoms with van der Waals surface area (Å²) in [5, 5.41) is 4.33. The van der Waals surface area contributed by atoms with Gasteiger partial charge in [0.25, 0.3) is 0 Å². The van der Waals surface area contributed by atoms with E-state index in [1.807, 2.05) is 0 Å². The summed E-state index contributed by atoms with van der Waals surface area (Å²) in [6.45, 7) is 2.14. The van der Waals surface area contributed by atoms with Crippen LogP contribution in [-0.4, -0.2) is 0 Å². The van der Waals surface area contributed by atoms with Crippen LogP contribution in [0, 0.1) is 6.92 Å². The summed E-state index contributed by atoms with van der Waals surface area (Å²) in [5.74, 6) is 0. The molecule has 0 aliphatic carbocycles. The molecule has 0 aromatic heterocycles. The van der Waals surface area contributed by atoms with E-state index < -0.39 is 7.26 Å². The van der Waals surface area contributed by atoms with Crippen molar-refractivity contribution in [1.82, 2.24) is 0 Å². The molecule has 140 valence electrons. The van der Waals surface area contributed by atoms with Crippen molar-refractivity contribution in [2.75, 3.05) is 0 Å². The second-order valence-corrected chi connectivity index (χ2v) is 12.0. The summed E-state index contributed by atoms with van der Waals surface area (Å²) in [6, 6.07) is 40.0. The zero-order chi connectivity index (χ0) is 19.4. The molecule has 0 nitrogen and oxygen atoms in total. The predicted octanol–water partition coefficient (Wildman–Crippen LogP) is 5.98. The molecule has 4 aromatic rings. The van der Waals surface area contributed by atoms with Crippen LogP contribution in [0.1, 0.15) is 11.1 Å². The molecule has 0 bridgehead atoms. The maximum absolute atomic E-state index is 3.84. The fourth-order valence-corrected chi connectivity index (χ4v) is 9.72. The third-order valence-electron chi connectivity index (χ3n) is 5.46. The molecule has 0 unspecified atom stereocenters. The van der Waals surface area contributed by atoms with Crippen molar-refractivity contribution >= 4 is 39.1 Å². The van der Waals surface area contributed by atoms with Gasteiger partial charge >= 0.3 is 177 Å². The molecule has 0 saturated heterocycles. The first-order valence-corrected chi connectivity index (χ1v) is 12.6. The van der Waals surface area contributed by atoms with Crippen molar-refractivity contribution in [3.63, 3.8) is 0 Å². The number of aryl methyl sites for hydroxylation is 1. The first-order chi connectivity index (χ1) is 13.7. The molecule has 28 heavy (non-hydrogen) atoms. The van der Waals surface area contributed by atoms with Crippen LogP contribution in [0.15, 0.2) is 114 Å². The third kappa shape index (κ3) is 3.70. The summed E-state index contributed by atoms with van der Waals surface area (Å²) >= 11 is 3.84. The zero-order valence-corrected chi connectivity index (χ0v) is 18.6. The van der Waals surface area contributed by atoms with Crippen LogP contribution >= 0.6 is 23.2 Å². The predicted molar refractivity (Wildman–Crippen MR) is 129 cm³/mol. The van der Waals surface area contributed by atoms with Crippen LogP contribution in [0.25, 0.3) is 0 Å². The van der Waals surface area contributed by atoms with Crippen LogP contribution in [0.2, 0.25) is 0 Å². The molecule has 0 aliphatic heterocycles. The van der Waals surface area contributed by atoms with Gasteiger partial charge < -0.3 is 0 Å². The molecule has 0 N–H and O–H groups in total. The number of benzene rings is 4. The monoisotopic (exact) mass is 446 g/mol. The van der Waals surface area contributed by atoms with E-state index in [0.29, 0.717) is 0 Å². The minimum absolute atomic E-state index is 1.02. The molecule has 2 heteroatoms. The third-order valence-corrected chi connectivity index (χ3v) is 11.1. The SMILES string of the molecule is Cc1ccc(C[PH](c2ccccc2)(c2ccccc2)c2ccccc2)c(Br)c1. The van der Waals surface area contributed by atoms with E-state index in [-0.39, 0.29) is 0 Å². The van der Waals surface area contributed by atoms with Crippen LogP contribution < -0.4 is 15.9 Å². The molecular weight excluding hydrogens is 423 g/mol. The molecule has 0 amide bonds. The topological polar surface area (TPSA) is 0 Å². The van der Waals surface area contributed by atoms with Crippen molar-refractivity contribution in [3.05, 3.63) is 125 Å². The van der Waals surface area contributed by atoms with Crippen LogP contribution in [0.5, 0.6) is 0 Å². The Bertz CT molecular complexity index is 947. The van der Waals surface area contributed by atoms with Crippen molar-refractivity contribution in [3.8, 4) is 0 Å². The average molecular weight is 447 g/mol. The quantitative estimate of drug-likeness (QED) is 0.330. The Morgan fingerprint density at radius 1 is 0.607 bits per heavy atom. The number of hydrogen-bond donors (Lipinski definition) is 0. The van der Waals surface area contributed by atoms with Crippen molar-refractivity contribution < 1.29 is 0 Å². The second kappa shape index (κ2) is 8.43. The van der Waals surface area contributed by atoms with E-state index in [0.717, 1.165) is 6.16 Å². The number of hydrogen-bond acceptors (Lipinski definition) is 0. The normalized spacial score (nSPS) is 11.9. The molecule has 0 spiro atoms. The van der Waals surface area contributed by atoms with Crippen molar-refractivity contribution in [2.45, 2.75) is 13.1 Å². The van der Waals surface area contributed by atoms with Crippen molar-refractivity contribution in [1.29, 1.82) is 0 Å². The molecule has 0 aliphatic rings. The van der Waals surface area contributed by atoms with E-state index in [9.17, 15) is 0 Å². The Morgan fingerprint density at radius 2 is 1.04 bits per heavy atom. The Hall–Kier alpha value is -2.21. The number of halogens is 1. The van der Waals surface area contributed by atoms with Gasteiger partial charge in [-0.1, -0.05) is 0 Å². The summed E-state index contributed by atoms with van der Waals surface area (Å²) in [4.78, 5) is 0. The van der Waals surface area contributed by atoms with Gasteiger partial charge in [-0.15, -0.1) is 0 Å². The summed E-state index contributed by atoms with van der Waals surface area (Å²) in [5.41, 5.74) is 2.65. The van der Waals surface area contributed by atoms with Crippen LogP contribution in [-0.2, 0) is 6.16 Å². The zero-order valence-electron chi connectivity index (χ0n) is 16.0. The molecule has 4 aromatic carbocycles. The van der Waals surface area contributed by atoms with E-state index in [1.165, 1.54) is 31.5 Å². The molecule has 0 atom stereocenters. The van der Waals surface area contributed by atoms with E-state index in [1.54, 1.807) is 0 Å². The molecule has 4 rings (SSSR count). The summed E-state index contributed by atoms with van der Waals surface area (Å²) < 4.78 is 1.20. The Balaban J connectivity index is 2.01. The van der Waals surface area contributed by atoms with E-state index in [2.05, 4.69) is 132 Å². The van der Waals surface area contributed by atoms with Gasteiger partial charge in [0.1, 0.15) is 0 Å². The van der Waals surface area contributed by atoms with Gasteiger partial charge in [0, 0.05) is 0 Å². The van der Waals surface area contributed by atoms with Gasteiger partial charge in [-0.2, -0.15) is 0 Å². The fraction of sp³-hybridized carbons (Fsp3) is 0.0769. The van der Waals surface area contributed by atoms with Gasteiger partial charge in [-0.3, -0.25) is 0 Å². The van der Waals surface area contributed by atoms with Gasteiger partial charge in [-0.05, 0) is 0 Å². The molecule has 0 fully saturated rings. The van der Waals surface area contributed by atoms with Crippen LogP contribution in [0.4, 0.5) is 0 Å². The first kappa shape index (κ1) is 19.1. The van der Waals surface area contributed by atoms with E-state index >= 15 is 0 Å². The van der Waals surface area contributed by atoms with Crippen molar-refractivity contribution in [2.24, 2.45) is 0 Å². The second-order valence-electron chi connectivity index (χ2n) is 7.28. The molecule has 0 radical (unpaired) electrons. The molecule has 0 saturated carbocycles. The van der Waals surface area contributed by atoms with Gasteiger partial charge in [0.05, 0.1) is 0 Å². The Labute approximate surface area is 176 Å². The maximum atomic E-state index is 3.84. The van der Waals surface area contributed by atoms with Gasteiger partial charge in [-0.25, -0.2) is 0 Å². The molecular formula is C26H24BrP. The van der Waals surface area contributed by atoms with E-state index in [4.69, 9.17) is 0 Å². The van der Waals surface area contributed by atoms with Gasteiger partial charge in [0.15, 0.2) is 0 Å². The summed E-state index contributed by atoms with van der Waals surface area (Å²) in [6.07, 6.45) is 1.02. The Morgan fingerprint density at radius 3 is 1.43 bits per heavy atom. The Kier molecular flexibility index (Phi) is 5.76. The average Bonchev–Trinajstić information content (AvgIpc) is 2.75. The molecule has 0 heterocycles. The van der Waals surface area contributed by atoms with Crippen LogP contribution in [0.3, 0.4) is 0 Å². The minimum atomic E-state index is -2.24. The summed E-state index contributed by atoms with van der Waals surface area (Å²) in [7, 11) is -2.24. The first-order valence-electron chi connectivity index (χ1n) is 9.62.